The summed E-state index contributed by atoms with van der Waals surface area (Å²) < 4.78 is 30.8. The SMILES string of the molecule is CC(NC(=O)c1ccc(Cl)o1)c1ccc(F)c(F)c1. The number of furan rings is 1. The Labute approximate surface area is 113 Å². The summed E-state index contributed by atoms with van der Waals surface area (Å²) in [7, 11) is 0. The molecule has 1 heterocycles. The number of rotatable bonds is 3. The molecule has 1 amide bonds. The van der Waals surface area contributed by atoms with Crippen molar-refractivity contribution in [2.75, 3.05) is 0 Å². The van der Waals surface area contributed by atoms with E-state index in [1.54, 1.807) is 6.92 Å². The maximum Gasteiger partial charge on any atom is 0.287 e. The van der Waals surface area contributed by atoms with E-state index in [4.69, 9.17) is 16.0 Å². The minimum Gasteiger partial charge on any atom is -0.440 e. The molecule has 1 atom stereocenters. The predicted molar refractivity (Wildman–Crippen MR) is 66.0 cm³/mol. The van der Waals surface area contributed by atoms with Gasteiger partial charge in [-0.1, -0.05) is 6.07 Å². The summed E-state index contributed by atoms with van der Waals surface area (Å²) in [4.78, 5) is 11.8. The molecule has 100 valence electrons. The van der Waals surface area contributed by atoms with Crippen molar-refractivity contribution < 1.29 is 18.0 Å². The van der Waals surface area contributed by atoms with Crippen LogP contribution < -0.4 is 5.32 Å². The summed E-state index contributed by atoms with van der Waals surface area (Å²) in [6.45, 7) is 1.65. The third-order valence-electron chi connectivity index (χ3n) is 2.59. The molecule has 3 nitrogen and oxygen atoms in total. The van der Waals surface area contributed by atoms with Crippen molar-refractivity contribution in [3.8, 4) is 0 Å². The Balaban J connectivity index is 2.10. The molecule has 1 aromatic heterocycles. The Morgan fingerprint density at radius 1 is 1.26 bits per heavy atom. The molecule has 0 spiro atoms. The average Bonchev–Trinajstić information content (AvgIpc) is 2.79. The second-order valence-corrected chi connectivity index (χ2v) is 4.34. The third kappa shape index (κ3) is 3.12. The first-order valence-electron chi connectivity index (χ1n) is 5.48. The van der Waals surface area contributed by atoms with Gasteiger partial charge in [-0.2, -0.15) is 0 Å². The second kappa shape index (κ2) is 5.40. The number of nitrogens with one attached hydrogen (secondary N) is 1. The zero-order valence-electron chi connectivity index (χ0n) is 9.91. The van der Waals surface area contributed by atoms with E-state index in [9.17, 15) is 13.6 Å². The molecule has 1 unspecified atom stereocenters. The topological polar surface area (TPSA) is 42.2 Å². The molecule has 0 saturated heterocycles. The van der Waals surface area contributed by atoms with Gasteiger partial charge in [-0.05, 0) is 48.4 Å². The lowest BCUT2D eigenvalue weighted by Gasteiger charge is -2.13. The van der Waals surface area contributed by atoms with Crippen LogP contribution in [0, 0.1) is 11.6 Å². The van der Waals surface area contributed by atoms with Crippen LogP contribution in [0.5, 0.6) is 0 Å². The Morgan fingerprint density at radius 2 is 2.00 bits per heavy atom. The Morgan fingerprint density at radius 3 is 2.58 bits per heavy atom. The highest BCUT2D eigenvalue weighted by Gasteiger charge is 2.15. The first kappa shape index (κ1) is 13.5. The van der Waals surface area contributed by atoms with Crippen molar-refractivity contribution in [3.05, 3.63) is 58.5 Å². The summed E-state index contributed by atoms with van der Waals surface area (Å²) in [6, 6.07) is 5.82. The Kier molecular flexibility index (Phi) is 3.85. The quantitative estimate of drug-likeness (QED) is 0.934. The molecule has 19 heavy (non-hydrogen) atoms. The molecule has 0 aliphatic carbocycles. The van der Waals surface area contributed by atoms with Crippen LogP contribution in [0.4, 0.5) is 8.78 Å². The van der Waals surface area contributed by atoms with E-state index >= 15 is 0 Å². The van der Waals surface area contributed by atoms with E-state index in [2.05, 4.69) is 5.32 Å². The molecule has 0 saturated carbocycles. The molecule has 0 radical (unpaired) electrons. The lowest BCUT2D eigenvalue weighted by atomic mass is 10.1. The van der Waals surface area contributed by atoms with Crippen LogP contribution in [0.15, 0.2) is 34.7 Å². The van der Waals surface area contributed by atoms with Crippen molar-refractivity contribution in [1.82, 2.24) is 5.32 Å². The van der Waals surface area contributed by atoms with Gasteiger partial charge in [0.1, 0.15) is 0 Å². The first-order valence-corrected chi connectivity index (χ1v) is 5.86. The number of carbonyl (C=O) groups is 1. The maximum absolute atomic E-state index is 13.1. The smallest absolute Gasteiger partial charge is 0.287 e. The highest BCUT2D eigenvalue weighted by atomic mass is 35.5. The molecular formula is C13H10ClF2NO2. The predicted octanol–water partition coefficient (Wildman–Crippen LogP) is 3.70. The molecule has 0 bridgehead atoms. The number of hydrogen-bond acceptors (Lipinski definition) is 2. The van der Waals surface area contributed by atoms with Crippen LogP contribution in [-0.2, 0) is 0 Å². The molecule has 2 rings (SSSR count). The van der Waals surface area contributed by atoms with Crippen LogP contribution in [0.1, 0.15) is 29.1 Å². The number of benzene rings is 1. The van der Waals surface area contributed by atoms with Crippen LogP contribution in [0.25, 0.3) is 0 Å². The van der Waals surface area contributed by atoms with E-state index < -0.39 is 23.6 Å². The van der Waals surface area contributed by atoms with Gasteiger partial charge in [-0.25, -0.2) is 8.78 Å². The van der Waals surface area contributed by atoms with Gasteiger partial charge in [0, 0.05) is 0 Å². The molecule has 0 aliphatic heterocycles. The second-order valence-electron chi connectivity index (χ2n) is 3.97. The van der Waals surface area contributed by atoms with Crippen LogP contribution in [-0.4, -0.2) is 5.91 Å². The van der Waals surface area contributed by atoms with Crippen LogP contribution >= 0.6 is 11.6 Å². The van der Waals surface area contributed by atoms with Gasteiger partial charge >= 0.3 is 0 Å². The highest BCUT2D eigenvalue weighted by molar-refractivity contribution is 6.29. The minimum atomic E-state index is -0.959. The molecule has 2 aromatic rings. The van der Waals surface area contributed by atoms with Gasteiger partial charge in [0.05, 0.1) is 6.04 Å². The van der Waals surface area contributed by atoms with Crippen LogP contribution in [0.3, 0.4) is 0 Å². The van der Waals surface area contributed by atoms with Crippen molar-refractivity contribution in [2.45, 2.75) is 13.0 Å². The number of halogens is 3. The van der Waals surface area contributed by atoms with Gasteiger partial charge in [0.2, 0.25) is 0 Å². The summed E-state index contributed by atoms with van der Waals surface area (Å²) in [5.74, 6) is -2.32. The molecular weight excluding hydrogens is 276 g/mol. The van der Waals surface area contributed by atoms with Crippen molar-refractivity contribution in [3.63, 3.8) is 0 Å². The lowest BCUT2D eigenvalue weighted by Crippen LogP contribution is -2.26. The molecule has 0 aliphatic rings. The van der Waals surface area contributed by atoms with E-state index in [1.807, 2.05) is 0 Å². The van der Waals surface area contributed by atoms with Crippen molar-refractivity contribution in [2.24, 2.45) is 0 Å². The molecule has 1 aromatic carbocycles. The zero-order valence-corrected chi connectivity index (χ0v) is 10.7. The molecule has 0 fully saturated rings. The fraction of sp³-hybridized carbons (Fsp3) is 0.154. The van der Waals surface area contributed by atoms with E-state index in [0.29, 0.717) is 5.56 Å². The monoisotopic (exact) mass is 285 g/mol. The summed E-state index contributed by atoms with van der Waals surface area (Å²) >= 11 is 5.56. The van der Waals surface area contributed by atoms with Gasteiger partial charge in [0.15, 0.2) is 22.6 Å². The fourth-order valence-corrected chi connectivity index (χ4v) is 1.72. The lowest BCUT2D eigenvalue weighted by molar-refractivity contribution is 0.0912. The number of amides is 1. The van der Waals surface area contributed by atoms with Gasteiger partial charge in [0.25, 0.3) is 5.91 Å². The van der Waals surface area contributed by atoms with E-state index in [1.165, 1.54) is 18.2 Å². The van der Waals surface area contributed by atoms with E-state index in [0.717, 1.165) is 12.1 Å². The zero-order chi connectivity index (χ0) is 14.0. The average molecular weight is 286 g/mol. The summed E-state index contributed by atoms with van der Waals surface area (Å²) in [5, 5.41) is 2.69. The fourth-order valence-electron chi connectivity index (χ4n) is 1.57. The van der Waals surface area contributed by atoms with Crippen molar-refractivity contribution in [1.29, 1.82) is 0 Å². The van der Waals surface area contributed by atoms with Gasteiger partial charge in [-0.15, -0.1) is 0 Å². The standard InChI is InChI=1S/C13H10ClF2NO2/c1-7(8-2-3-9(15)10(16)6-8)17-13(18)11-4-5-12(14)19-11/h2-7H,1H3,(H,17,18). The minimum absolute atomic E-state index is 0.0550. The largest absolute Gasteiger partial charge is 0.440 e. The van der Waals surface area contributed by atoms with Crippen LogP contribution in [0.2, 0.25) is 5.22 Å². The summed E-state index contributed by atoms with van der Waals surface area (Å²) in [6.07, 6.45) is 0. The summed E-state index contributed by atoms with van der Waals surface area (Å²) in [5.41, 5.74) is 0.449. The third-order valence-corrected chi connectivity index (χ3v) is 2.79. The van der Waals surface area contributed by atoms with Gasteiger partial charge in [-0.3, -0.25) is 4.79 Å². The highest BCUT2D eigenvalue weighted by Crippen LogP contribution is 2.18. The van der Waals surface area contributed by atoms with E-state index in [-0.39, 0.29) is 11.0 Å². The maximum atomic E-state index is 13.1. The first-order chi connectivity index (χ1) is 8.97. The Hall–Kier alpha value is -1.88. The Bertz CT molecular complexity index is 612. The van der Waals surface area contributed by atoms with Gasteiger partial charge < -0.3 is 9.73 Å². The van der Waals surface area contributed by atoms with Crippen molar-refractivity contribution >= 4 is 17.5 Å². The normalized spacial score (nSPS) is 12.2. The number of hydrogen-bond donors (Lipinski definition) is 1. The number of carbonyl (C=O) groups excluding carboxylic acids is 1. The molecule has 1 N–H and O–H groups in total. The molecule has 6 heteroatoms.